The van der Waals surface area contributed by atoms with E-state index in [0.29, 0.717) is 5.92 Å². The molecule has 0 radical (unpaired) electrons. The Bertz CT molecular complexity index is 114. The van der Waals surface area contributed by atoms with Crippen molar-refractivity contribution >= 4 is 6.29 Å². The predicted octanol–water partition coefficient (Wildman–Crippen LogP) is 2.18. The minimum absolute atomic E-state index is 0.537. The molecule has 0 N–H and O–H groups in total. The van der Waals surface area contributed by atoms with E-state index in [1.54, 1.807) is 0 Å². The number of carbonyl (C=O) groups excluding carboxylic acids is 1. The average Bonchev–Trinajstić information content (AvgIpc) is 1.87. The van der Waals surface area contributed by atoms with Gasteiger partial charge in [0.05, 0.1) is 0 Å². The Morgan fingerprint density at radius 2 is 2.22 bits per heavy atom. The van der Waals surface area contributed by atoms with Gasteiger partial charge in [-0.1, -0.05) is 26.3 Å². The van der Waals surface area contributed by atoms with Crippen LogP contribution in [0.25, 0.3) is 0 Å². The molecule has 0 aliphatic heterocycles. The van der Waals surface area contributed by atoms with E-state index in [2.05, 4.69) is 13.8 Å². The topological polar surface area (TPSA) is 17.1 Å². The molecule has 0 aromatic carbocycles. The fourth-order valence-corrected chi connectivity index (χ4v) is 0.606. The second-order valence-corrected chi connectivity index (χ2v) is 2.41. The van der Waals surface area contributed by atoms with Crippen molar-refractivity contribution in [1.82, 2.24) is 0 Å². The summed E-state index contributed by atoms with van der Waals surface area (Å²) < 4.78 is 0. The van der Waals surface area contributed by atoms with E-state index >= 15 is 0 Å². The minimum Gasteiger partial charge on any atom is -0.298 e. The normalized spacial score (nSPS) is 15.2. The maximum absolute atomic E-state index is 10.1. The number of carbonyl (C=O) groups is 1. The molecule has 0 bridgehead atoms. The quantitative estimate of drug-likeness (QED) is 0.418. The molecule has 1 nitrogen and oxygen atoms in total. The fraction of sp³-hybridized carbons (Fsp3) is 0.625. The molecule has 0 heterocycles. The third-order valence-electron chi connectivity index (χ3n) is 1.38. The van der Waals surface area contributed by atoms with Crippen LogP contribution in [-0.4, -0.2) is 6.29 Å². The summed E-state index contributed by atoms with van der Waals surface area (Å²) in [5.74, 6) is 0.537. The zero-order valence-electron chi connectivity index (χ0n) is 6.35. The highest BCUT2D eigenvalue weighted by molar-refractivity contribution is 5.72. The molecule has 0 rings (SSSR count). The van der Waals surface area contributed by atoms with E-state index in [9.17, 15) is 4.79 Å². The van der Waals surface area contributed by atoms with E-state index in [-0.39, 0.29) is 0 Å². The van der Waals surface area contributed by atoms with Crippen molar-refractivity contribution in [3.63, 3.8) is 0 Å². The first-order valence-corrected chi connectivity index (χ1v) is 3.34. The van der Waals surface area contributed by atoms with Gasteiger partial charge >= 0.3 is 0 Å². The lowest BCUT2D eigenvalue weighted by Gasteiger charge is -1.98. The standard InChI is InChI=1S/C8H14O/c1-4-7(2)5-8(3)6-9/h5-7H,4H2,1-3H3. The number of aldehydes is 1. The van der Waals surface area contributed by atoms with Crippen LogP contribution in [0, 0.1) is 5.92 Å². The van der Waals surface area contributed by atoms with Crippen LogP contribution in [0.5, 0.6) is 0 Å². The van der Waals surface area contributed by atoms with E-state index in [4.69, 9.17) is 0 Å². The largest absolute Gasteiger partial charge is 0.298 e. The molecule has 1 atom stereocenters. The zero-order chi connectivity index (χ0) is 7.28. The van der Waals surface area contributed by atoms with Crippen molar-refractivity contribution in [3.8, 4) is 0 Å². The Hall–Kier alpha value is -0.590. The summed E-state index contributed by atoms with van der Waals surface area (Å²) in [5.41, 5.74) is 0.837. The highest BCUT2D eigenvalue weighted by Crippen LogP contribution is 2.04. The van der Waals surface area contributed by atoms with Gasteiger partial charge in [0, 0.05) is 0 Å². The Kier molecular flexibility index (Phi) is 4.02. The van der Waals surface area contributed by atoms with E-state index in [1.807, 2.05) is 13.0 Å². The van der Waals surface area contributed by atoms with Crippen LogP contribution in [0.4, 0.5) is 0 Å². The molecule has 0 saturated heterocycles. The fourth-order valence-electron chi connectivity index (χ4n) is 0.606. The molecule has 0 aromatic heterocycles. The summed E-state index contributed by atoms with van der Waals surface area (Å²) in [4.78, 5) is 10.1. The molecule has 52 valence electrons. The summed E-state index contributed by atoms with van der Waals surface area (Å²) in [6.45, 7) is 6.05. The van der Waals surface area contributed by atoms with E-state index in [0.717, 1.165) is 18.3 Å². The van der Waals surface area contributed by atoms with E-state index in [1.165, 1.54) is 0 Å². The Balaban J connectivity index is 3.78. The van der Waals surface area contributed by atoms with Crippen LogP contribution in [0.2, 0.25) is 0 Å². The molecule has 0 saturated carbocycles. The molecule has 0 aliphatic carbocycles. The van der Waals surface area contributed by atoms with Crippen molar-refractivity contribution in [2.75, 3.05) is 0 Å². The SMILES string of the molecule is CCC(C)C=C(C)C=O. The molecule has 0 aromatic rings. The monoisotopic (exact) mass is 126 g/mol. The van der Waals surface area contributed by atoms with Crippen LogP contribution in [0.15, 0.2) is 11.6 Å². The first-order valence-electron chi connectivity index (χ1n) is 3.34. The molecule has 1 unspecified atom stereocenters. The van der Waals surface area contributed by atoms with Crippen molar-refractivity contribution in [1.29, 1.82) is 0 Å². The molecule has 0 aliphatic rings. The third-order valence-corrected chi connectivity index (χ3v) is 1.38. The molecule has 0 spiro atoms. The minimum atomic E-state index is 0.537. The van der Waals surface area contributed by atoms with Gasteiger partial charge in [0.1, 0.15) is 6.29 Å². The van der Waals surface area contributed by atoms with Gasteiger partial charge in [-0.05, 0) is 18.4 Å². The van der Waals surface area contributed by atoms with Crippen LogP contribution in [-0.2, 0) is 4.79 Å². The van der Waals surface area contributed by atoms with Gasteiger partial charge in [-0.15, -0.1) is 0 Å². The van der Waals surface area contributed by atoms with Gasteiger partial charge < -0.3 is 0 Å². The Morgan fingerprint density at radius 3 is 2.56 bits per heavy atom. The van der Waals surface area contributed by atoms with Gasteiger partial charge in [0.25, 0.3) is 0 Å². The van der Waals surface area contributed by atoms with Gasteiger partial charge in [0.15, 0.2) is 0 Å². The Labute approximate surface area is 56.8 Å². The van der Waals surface area contributed by atoms with Crippen LogP contribution in [0.1, 0.15) is 27.2 Å². The maximum atomic E-state index is 10.1. The van der Waals surface area contributed by atoms with E-state index < -0.39 is 0 Å². The van der Waals surface area contributed by atoms with Crippen molar-refractivity contribution < 1.29 is 4.79 Å². The molecule has 1 heteroatoms. The van der Waals surface area contributed by atoms with Gasteiger partial charge in [0.2, 0.25) is 0 Å². The summed E-state index contributed by atoms with van der Waals surface area (Å²) in [5, 5.41) is 0. The molecular formula is C8H14O. The lowest BCUT2D eigenvalue weighted by molar-refractivity contribution is -0.104. The zero-order valence-corrected chi connectivity index (χ0v) is 6.35. The van der Waals surface area contributed by atoms with Crippen molar-refractivity contribution in [2.24, 2.45) is 5.92 Å². The number of allylic oxidation sites excluding steroid dienone is 2. The number of hydrogen-bond donors (Lipinski definition) is 0. The first kappa shape index (κ1) is 8.41. The van der Waals surface area contributed by atoms with Crippen LogP contribution >= 0.6 is 0 Å². The summed E-state index contributed by atoms with van der Waals surface area (Å²) in [6.07, 6.45) is 3.99. The summed E-state index contributed by atoms with van der Waals surface area (Å²) >= 11 is 0. The van der Waals surface area contributed by atoms with Crippen LogP contribution < -0.4 is 0 Å². The van der Waals surface area contributed by atoms with Crippen molar-refractivity contribution in [3.05, 3.63) is 11.6 Å². The highest BCUT2D eigenvalue weighted by Gasteiger charge is 1.92. The van der Waals surface area contributed by atoms with Crippen LogP contribution in [0.3, 0.4) is 0 Å². The second kappa shape index (κ2) is 4.30. The Morgan fingerprint density at radius 1 is 1.67 bits per heavy atom. The first-order chi connectivity index (χ1) is 4.20. The van der Waals surface area contributed by atoms with Gasteiger partial charge in [-0.25, -0.2) is 0 Å². The maximum Gasteiger partial charge on any atom is 0.145 e. The number of rotatable bonds is 3. The van der Waals surface area contributed by atoms with Gasteiger partial charge in [-0.2, -0.15) is 0 Å². The smallest absolute Gasteiger partial charge is 0.145 e. The lowest BCUT2D eigenvalue weighted by Crippen LogP contribution is -1.87. The second-order valence-electron chi connectivity index (χ2n) is 2.41. The summed E-state index contributed by atoms with van der Waals surface area (Å²) in [6, 6.07) is 0. The van der Waals surface area contributed by atoms with Gasteiger partial charge in [-0.3, -0.25) is 4.79 Å². The average molecular weight is 126 g/mol. The number of hydrogen-bond acceptors (Lipinski definition) is 1. The predicted molar refractivity (Wildman–Crippen MR) is 39.3 cm³/mol. The molecule has 0 amide bonds. The third kappa shape index (κ3) is 3.95. The van der Waals surface area contributed by atoms with Crippen molar-refractivity contribution in [2.45, 2.75) is 27.2 Å². The molecule has 0 fully saturated rings. The molecular weight excluding hydrogens is 112 g/mol. The lowest BCUT2D eigenvalue weighted by atomic mass is 10.1. The highest BCUT2D eigenvalue weighted by atomic mass is 16.1. The summed E-state index contributed by atoms with van der Waals surface area (Å²) in [7, 11) is 0. The molecule has 9 heavy (non-hydrogen) atoms.